The molecule has 5 heteroatoms. The summed E-state index contributed by atoms with van der Waals surface area (Å²) < 4.78 is 13.0. The van der Waals surface area contributed by atoms with Crippen LogP contribution < -0.4 is 11.1 Å². The fourth-order valence-corrected chi connectivity index (χ4v) is 1.36. The molecule has 0 aliphatic carbocycles. The van der Waals surface area contributed by atoms with E-state index in [2.05, 4.69) is 5.32 Å². The van der Waals surface area contributed by atoms with Gasteiger partial charge in [0, 0.05) is 24.2 Å². The normalized spacial score (nSPS) is 14.3. The topological polar surface area (TPSA) is 75.3 Å². The predicted molar refractivity (Wildman–Crippen MR) is 59.3 cm³/mol. The van der Waals surface area contributed by atoms with Gasteiger partial charge in [-0.05, 0) is 25.1 Å². The number of aliphatic hydroxyl groups excluding tert-OH is 1. The number of rotatable bonds is 3. The van der Waals surface area contributed by atoms with Gasteiger partial charge in [0.15, 0.2) is 0 Å². The smallest absolute Gasteiger partial charge is 0.221 e. The predicted octanol–water partition coefficient (Wildman–Crippen LogP) is 1.16. The van der Waals surface area contributed by atoms with Crippen molar-refractivity contribution in [3.05, 3.63) is 29.6 Å². The second kappa shape index (κ2) is 5.05. The van der Waals surface area contributed by atoms with Crippen molar-refractivity contribution in [2.75, 3.05) is 5.32 Å². The lowest BCUT2D eigenvalue weighted by molar-refractivity contribution is -0.114. The zero-order valence-electron chi connectivity index (χ0n) is 9.20. The minimum atomic E-state index is -1.02. The van der Waals surface area contributed by atoms with Crippen molar-refractivity contribution in [3.63, 3.8) is 0 Å². The molecule has 0 saturated carbocycles. The highest BCUT2D eigenvalue weighted by Crippen LogP contribution is 2.25. The van der Waals surface area contributed by atoms with Crippen LogP contribution in [-0.2, 0) is 4.79 Å². The molecule has 4 nitrogen and oxygen atoms in total. The lowest BCUT2D eigenvalue weighted by Gasteiger charge is -2.18. The first kappa shape index (κ1) is 12.6. The number of carbonyl (C=O) groups is 1. The summed E-state index contributed by atoms with van der Waals surface area (Å²) in [7, 11) is 0. The van der Waals surface area contributed by atoms with Crippen LogP contribution in [0, 0.1) is 5.82 Å². The Balaban J connectivity index is 3.12. The van der Waals surface area contributed by atoms with E-state index in [1.54, 1.807) is 6.92 Å². The van der Waals surface area contributed by atoms with Crippen LogP contribution in [0.25, 0.3) is 0 Å². The summed E-state index contributed by atoms with van der Waals surface area (Å²) >= 11 is 0. The SMILES string of the molecule is CC(=O)Nc1ccc(F)cc1C(O)C(C)N. The van der Waals surface area contributed by atoms with Gasteiger partial charge in [0.05, 0.1) is 6.10 Å². The van der Waals surface area contributed by atoms with E-state index in [1.165, 1.54) is 25.1 Å². The van der Waals surface area contributed by atoms with Gasteiger partial charge in [-0.25, -0.2) is 4.39 Å². The minimum absolute atomic E-state index is 0.283. The van der Waals surface area contributed by atoms with E-state index in [0.717, 1.165) is 0 Å². The third-order valence-electron chi connectivity index (χ3n) is 2.14. The maximum atomic E-state index is 13.0. The van der Waals surface area contributed by atoms with E-state index in [0.29, 0.717) is 5.69 Å². The highest BCUT2D eigenvalue weighted by molar-refractivity contribution is 5.89. The van der Waals surface area contributed by atoms with E-state index in [9.17, 15) is 14.3 Å². The Bertz CT molecular complexity index is 394. The summed E-state index contributed by atoms with van der Waals surface area (Å²) in [5.74, 6) is -0.770. The van der Waals surface area contributed by atoms with Crippen LogP contribution in [0.2, 0.25) is 0 Å². The van der Waals surface area contributed by atoms with Gasteiger partial charge in [0.2, 0.25) is 5.91 Å². The van der Waals surface area contributed by atoms with Crippen molar-refractivity contribution in [3.8, 4) is 0 Å². The number of nitrogens with two attached hydrogens (primary N) is 1. The third kappa shape index (κ3) is 3.01. The minimum Gasteiger partial charge on any atom is -0.387 e. The Morgan fingerprint density at radius 2 is 2.19 bits per heavy atom. The second-order valence-electron chi connectivity index (χ2n) is 3.72. The molecule has 0 saturated heterocycles. The highest BCUT2D eigenvalue weighted by Gasteiger charge is 2.17. The quantitative estimate of drug-likeness (QED) is 0.724. The number of carbonyl (C=O) groups excluding carboxylic acids is 1. The molecule has 1 aromatic rings. The molecule has 0 bridgehead atoms. The number of hydrogen-bond acceptors (Lipinski definition) is 3. The third-order valence-corrected chi connectivity index (χ3v) is 2.14. The Labute approximate surface area is 93.3 Å². The van der Waals surface area contributed by atoms with Crippen molar-refractivity contribution < 1.29 is 14.3 Å². The Morgan fingerprint density at radius 1 is 1.56 bits per heavy atom. The first-order valence-corrected chi connectivity index (χ1v) is 4.92. The lowest BCUT2D eigenvalue weighted by Crippen LogP contribution is -2.25. The lowest BCUT2D eigenvalue weighted by atomic mass is 10.0. The Kier molecular flexibility index (Phi) is 3.98. The molecule has 2 atom stereocenters. The molecule has 0 aliphatic heterocycles. The van der Waals surface area contributed by atoms with Gasteiger partial charge in [-0.3, -0.25) is 4.79 Å². The molecule has 1 aromatic carbocycles. The molecule has 0 fully saturated rings. The van der Waals surface area contributed by atoms with E-state index < -0.39 is 18.0 Å². The van der Waals surface area contributed by atoms with Crippen molar-refractivity contribution in [2.24, 2.45) is 5.73 Å². The van der Waals surface area contributed by atoms with E-state index in [-0.39, 0.29) is 11.5 Å². The fourth-order valence-electron chi connectivity index (χ4n) is 1.36. The molecular formula is C11H15FN2O2. The van der Waals surface area contributed by atoms with Crippen LogP contribution in [0.4, 0.5) is 10.1 Å². The molecule has 88 valence electrons. The molecule has 0 heterocycles. The first-order chi connectivity index (χ1) is 7.41. The van der Waals surface area contributed by atoms with Crippen molar-refractivity contribution in [1.82, 2.24) is 0 Å². The van der Waals surface area contributed by atoms with Crippen LogP contribution in [0.3, 0.4) is 0 Å². The Hall–Kier alpha value is -1.46. The average molecular weight is 226 g/mol. The van der Waals surface area contributed by atoms with Crippen LogP contribution in [0.5, 0.6) is 0 Å². The number of anilines is 1. The van der Waals surface area contributed by atoms with Gasteiger partial charge in [-0.15, -0.1) is 0 Å². The fraction of sp³-hybridized carbons (Fsp3) is 0.364. The Morgan fingerprint density at radius 3 is 2.69 bits per heavy atom. The summed E-state index contributed by atoms with van der Waals surface area (Å²) in [6, 6.07) is 3.23. The molecule has 0 spiro atoms. The summed E-state index contributed by atoms with van der Waals surface area (Å²) in [4.78, 5) is 10.9. The number of hydrogen-bond donors (Lipinski definition) is 3. The van der Waals surface area contributed by atoms with Crippen LogP contribution in [-0.4, -0.2) is 17.1 Å². The second-order valence-corrected chi connectivity index (χ2v) is 3.72. The number of amides is 1. The molecule has 1 rings (SSSR count). The van der Waals surface area contributed by atoms with Gasteiger partial charge < -0.3 is 16.2 Å². The number of benzene rings is 1. The summed E-state index contributed by atoms with van der Waals surface area (Å²) in [6.45, 7) is 2.94. The number of aliphatic hydroxyl groups is 1. The number of halogens is 1. The van der Waals surface area contributed by atoms with Crippen molar-refractivity contribution in [2.45, 2.75) is 26.0 Å². The molecule has 0 radical (unpaired) electrons. The zero-order valence-corrected chi connectivity index (χ0v) is 9.20. The highest BCUT2D eigenvalue weighted by atomic mass is 19.1. The van der Waals surface area contributed by atoms with Gasteiger partial charge in [-0.1, -0.05) is 0 Å². The zero-order chi connectivity index (χ0) is 12.3. The van der Waals surface area contributed by atoms with Gasteiger partial charge in [0.1, 0.15) is 5.82 Å². The van der Waals surface area contributed by atoms with Crippen molar-refractivity contribution in [1.29, 1.82) is 0 Å². The molecule has 0 aromatic heterocycles. The number of nitrogens with one attached hydrogen (secondary N) is 1. The summed E-state index contributed by atoms with van der Waals surface area (Å²) in [6.07, 6.45) is -1.02. The summed E-state index contributed by atoms with van der Waals surface area (Å²) in [5, 5.41) is 12.3. The maximum Gasteiger partial charge on any atom is 0.221 e. The van der Waals surface area contributed by atoms with E-state index in [4.69, 9.17) is 5.73 Å². The molecule has 2 unspecified atom stereocenters. The molecule has 16 heavy (non-hydrogen) atoms. The first-order valence-electron chi connectivity index (χ1n) is 4.92. The van der Waals surface area contributed by atoms with E-state index >= 15 is 0 Å². The van der Waals surface area contributed by atoms with Gasteiger partial charge in [-0.2, -0.15) is 0 Å². The largest absolute Gasteiger partial charge is 0.387 e. The van der Waals surface area contributed by atoms with Gasteiger partial charge in [0.25, 0.3) is 0 Å². The van der Waals surface area contributed by atoms with Crippen LogP contribution >= 0.6 is 0 Å². The van der Waals surface area contributed by atoms with Crippen molar-refractivity contribution >= 4 is 11.6 Å². The molecule has 1 amide bonds. The van der Waals surface area contributed by atoms with E-state index in [1.807, 2.05) is 0 Å². The van der Waals surface area contributed by atoms with Gasteiger partial charge >= 0.3 is 0 Å². The average Bonchev–Trinajstić information content (AvgIpc) is 2.18. The maximum absolute atomic E-state index is 13.0. The molecular weight excluding hydrogens is 211 g/mol. The monoisotopic (exact) mass is 226 g/mol. The van der Waals surface area contributed by atoms with Crippen LogP contribution in [0.15, 0.2) is 18.2 Å². The summed E-state index contributed by atoms with van der Waals surface area (Å²) in [5.41, 5.74) is 6.19. The molecule has 4 N–H and O–H groups in total. The standard InChI is InChI=1S/C11H15FN2O2/c1-6(13)11(16)9-5-8(12)3-4-10(9)14-7(2)15/h3-6,11,16H,13H2,1-2H3,(H,14,15). The molecule has 0 aliphatic rings. The van der Waals surface area contributed by atoms with Crippen LogP contribution in [0.1, 0.15) is 25.5 Å².